The van der Waals surface area contributed by atoms with Gasteiger partial charge in [0.1, 0.15) is 0 Å². The summed E-state index contributed by atoms with van der Waals surface area (Å²) in [6.45, 7) is 0. The molecule has 0 saturated carbocycles. The van der Waals surface area contributed by atoms with E-state index in [0.717, 1.165) is 0 Å². The molecule has 2 heterocycles. The molecule has 7 heteroatoms. The van der Waals surface area contributed by atoms with E-state index in [-0.39, 0.29) is 18.1 Å². The molecule has 0 aliphatic carbocycles. The van der Waals surface area contributed by atoms with Crippen LogP contribution >= 0.6 is 12.2 Å². The van der Waals surface area contributed by atoms with Crippen molar-refractivity contribution in [3.8, 4) is 0 Å². The molecule has 0 aromatic carbocycles. The Kier molecular flexibility index (Phi) is 2.14. The van der Waals surface area contributed by atoms with Crippen LogP contribution in [-0.2, 0) is 4.79 Å². The van der Waals surface area contributed by atoms with Crippen LogP contribution in [0.25, 0.3) is 0 Å². The van der Waals surface area contributed by atoms with Gasteiger partial charge in [-0.2, -0.15) is 5.01 Å². The smallest absolute Gasteiger partial charge is 0.282 e. The SMILES string of the molecule is CN1C(=O)C2C(N(C)C1=S)[N+](C)=NN2C. The summed E-state index contributed by atoms with van der Waals surface area (Å²) in [6, 6.07) is -0.267. The van der Waals surface area contributed by atoms with Crippen LogP contribution < -0.4 is 0 Å². The maximum Gasteiger partial charge on any atom is 0.282 e. The number of fused-ring (bicyclic) bond motifs is 1. The summed E-state index contributed by atoms with van der Waals surface area (Å²) in [7, 11) is 7.23. The van der Waals surface area contributed by atoms with E-state index in [2.05, 4.69) is 5.22 Å². The molecule has 82 valence electrons. The third-order valence-corrected chi connectivity index (χ3v) is 3.48. The van der Waals surface area contributed by atoms with Gasteiger partial charge >= 0.3 is 0 Å². The number of likely N-dealkylation sites (N-methyl/N-ethyl adjacent to an activating group) is 4. The molecule has 0 aromatic rings. The highest BCUT2D eigenvalue weighted by Crippen LogP contribution is 2.24. The number of carbonyl (C=O) groups is 1. The Morgan fingerprint density at radius 2 is 2.00 bits per heavy atom. The van der Waals surface area contributed by atoms with Gasteiger partial charge in [0.05, 0.1) is 19.3 Å². The third-order valence-electron chi connectivity index (χ3n) is 2.92. The van der Waals surface area contributed by atoms with Crippen LogP contribution in [0.1, 0.15) is 0 Å². The van der Waals surface area contributed by atoms with Crippen LogP contribution in [0.3, 0.4) is 0 Å². The van der Waals surface area contributed by atoms with E-state index in [4.69, 9.17) is 12.2 Å². The number of amides is 1. The fourth-order valence-electron chi connectivity index (χ4n) is 2.12. The van der Waals surface area contributed by atoms with Crippen LogP contribution in [0, 0.1) is 0 Å². The molecule has 0 radical (unpaired) electrons. The second-order valence-electron chi connectivity index (χ2n) is 3.89. The lowest BCUT2D eigenvalue weighted by molar-refractivity contribution is -0.608. The lowest BCUT2D eigenvalue weighted by atomic mass is 10.1. The van der Waals surface area contributed by atoms with Crippen LogP contribution in [0.4, 0.5) is 0 Å². The Hall–Kier alpha value is -1.24. The van der Waals surface area contributed by atoms with E-state index in [1.165, 1.54) is 4.90 Å². The van der Waals surface area contributed by atoms with Gasteiger partial charge in [-0.1, -0.05) is 0 Å². The molecule has 0 bridgehead atoms. The van der Waals surface area contributed by atoms with E-state index >= 15 is 0 Å². The number of carbonyl (C=O) groups excluding carboxylic acids is 1. The molecule has 2 aliphatic heterocycles. The minimum Gasteiger partial charge on any atom is -0.308 e. The highest BCUT2D eigenvalue weighted by Gasteiger charge is 2.54. The summed E-state index contributed by atoms with van der Waals surface area (Å²) in [4.78, 5) is 15.4. The predicted octanol–water partition coefficient (Wildman–Crippen LogP) is -0.675. The lowest BCUT2D eigenvalue weighted by Gasteiger charge is -2.37. The van der Waals surface area contributed by atoms with Crippen molar-refractivity contribution in [3.63, 3.8) is 0 Å². The first-order valence-corrected chi connectivity index (χ1v) is 5.07. The topological polar surface area (TPSA) is 42.2 Å². The summed E-state index contributed by atoms with van der Waals surface area (Å²) >= 11 is 5.19. The molecule has 2 unspecified atom stereocenters. The molecule has 0 N–H and O–H groups in total. The molecule has 0 aromatic heterocycles. The van der Waals surface area contributed by atoms with Crippen molar-refractivity contribution in [1.29, 1.82) is 0 Å². The fourth-order valence-corrected chi connectivity index (χ4v) is 2.32. The molecule has 0 spiro atoms. The molecular weight excluding hydrogens is 214 g/mol. The lowest BCUT2D eigenvalue weighted by Crippen LogP contribution is -2.65. The zero-order valence-corrected chi connectivity index (χ0v) is 10.0. The zero-order chi connectivity index (χ0) is 11.3. The van der Waals surface area contributed by atoms with Gasteiger partial charge in [0.15, 0.2) is 5.11 Å². The third kappa shape index (κ3) is 1.22. The summed E-state index contributed by atoms with van der Waals surface area (Å²) < 4.78 is 1.77. The van der Waals surface area contributed by atoms with Crippen LogP contribution in [0.2, 0.25) is 0 Å². The van der Waals surface area contributed by atoms with Gasteiger partial charge < -0.3 is 4.90 Å². The Morgan fingerprint density at radius 3 is 2.60 bits per heavy atom. The molecule has 2 aliphatic rings. The van der Waals surface area contributed by atoms with Crippen molar-refractivity contribution < 1.29 is 9.49 Å². The molecule has 6 nitrogen and oxygen atoms in total. The monoisotopic (exact) mass is 228 g/mol. The highest BCUT2D eigenvalue weighted by molar-refractivity contribution is 7.80. The standard InChI is InChI=1S/C8H14N5OS/c1-10-6-5(12(3)9-13(6)4)7(14)11(2)8(10)15/h5-6H,1-4H3/q+1. The van der Waals surface area contributed by atoms with Gasteiger partial charge in [0, 0.05) is 14.1 Å². The molecule has 2 rings (SSSR count). The molecule has 1 amide bonds. The van der Waals surface area contributed by atoms with E-state index in [1.54, 1.807) is 23.8 Å². The first kappa shape index (κ1) is 10.3. The number of nitrogens with zero attached hydrogens (tertiary/aromatic N) is 5. The average Bonchev–Trinajstić information content (AvgIpc) is 2.47. The molecule has 2 atom stereocenters. The van der Waals surface area contributed by atoms with Crippen LogP contribution in [0.5, 0.6) is 0 Å². The second kappa shape index (κ2) is 3.13. The normalized spacial score (nSPS) is 30.9. The summed E-state index contributed by atoms with van der Waals surface area (Å²) in [6.07, 6.45) is -0.0915. The van der Waals surface area contributed by atoms with Gasteiger partial charge in [0.2, 0.25) is 6.17 Å². The zero-order valence-electron chi connectivity index (χ0n) is 9.21. The van der Waals surface area contributed by atoms with Gasteiger partial charge in [-0.05, 0) is 12.2 Å². The Labute approximate surface area is 93.7 Å². The minimum atomic E-state index is -0.267. The number of rotatable bonds is 0. The number of hydrogen-bond donors (Lipinski definition) is 0. The van der Waals surface area contributed by atoms with E-state index < -0.39 is 0 Å². The van der Waals surface area contributed by atoms with Gasteiger partial charge in [-0.15, -0.1) is 4.70 Å². The molecular formula is C8H14N5OS+. The maximum atomic E-state index is 12.0. The fraction of sp³-hybridized carbons (Fsp3) is 0.750. The summed E-state index contributed by atoms with van der Waals surface area (Å²) in [5.41, 5.74) is 0. The van der Waals surface area contributed by atoms with E-state index in [1.807, 2.05) is 19.0 Å². The molecule has 15 heavy (non-hydrogen) atoms. The number of thiocarbonyl (C=S) groups is 1. The van der Waals surface area contributed by atoms with Crippen molar-refractivity contribution in [1.82, 2.24) is 14.8 Å². The molecule has 1 fully saturated rings. The van der Waals surface area contributed by atoms with Crippen LogP contribution in [-0.4, -0.2) is 70.9 Å². The Bertz CT molecular complexity index is 368. The largest absolute Gasteiger partial charge is 0.308 e. The van der Waals surface area contributed by atoms with Crippen molar-refractivity contribution in [2.75, 3.05) is 28.2 Å². The first-order chi connectivity index (χ1) is 6.95. The maximum absolute atomic E-state index is 12.0. The van der Waals surface area contributed by atoms with E-state index in [9.17, 15) is 4.79 Å². The summed E-state index contributed by atoms with van der Waals surface area (Å²) in [5, 5.41) is 6.44. The first-order valence-electron chi connectivity index (χ1n) is 4.66. The highest BCUT2D eigenvalue weighted by atomic mass is 32.1. The van der Waals surface area contributed by atoms with Crippen molar-refractivity contribution in [2.45, 2.75) is 12.2 Å². The van der Waals surface area contributed by atoms with Crippen LogP contribution in [0.15, 0.2) is 5.22 Å². The van der Waals surface area contributed by atoms with Gasteiger partial charge in [-0.25, -0.2) is 0 Å². The number of hydrogen-bond acceptors (Lipinski definition) is 4. The predicted molar refractivity (Wildman–Crippen MR) is 57.1 cm³/mol. The van der Waals surface area contributed by atoms with Gasteiger partial charge in [0.25, 0.3) is 11.9 Å². The van der Waals surface area contributed by atoms with Crippen molar-refractivity contribution in [2.24, 2.45) is 5.22 Å². The summed E-state index contributed by atoms with van der Waals surface area (Å²) in [5.74, 6) is -0.00120. The second-order valence-corrected chi connectivity index (χ2v) is 4.25. The van der Waals surface area contributed by atoms with E-state index in [0.29, 0.717) is 5.11 Å². The Balaban J connectivity index is 2.41. The Morgan fingerprint density at radius 1 is 1.40 bits per heavy atom. The quantitative estimate of drug-likeness (QED) is 0.407. The van der Waals surface area contributed by atoms with Crippen molar-refractivity contribution >= 4 is 23.2 Å². The molecule has 1 saturated heterocycles. The minimum absolute atomic E-state index is 0.00120. The van der Waals surface area contributed by atoms with Gasteiger partial charge in [-0.3, -0.25) is 9.69 Å². The average molecular weight is 228 g/mol. The van der Waals surface area contributed by atoms with Crippen molar-refractivity contribution in [3.05, 3.63) is 0 Å².